The quantitative estimate of drug-likeness (QED) is 0.545. The predicted molar refractivity (Wildman–Crippen MR) is 94.8 cm³/mol. The number of rotatable bonds is 5. The number of carbonyl (C=O) groups is 1. The van der Waals surface area contributed by atoms with E-state index in [-0.39, 0.29) is 12.4 Å². The fourth-order valence-corrected chi connectivity index (χ4v) is 4.74. The molecule has 0 aliphatic carbocycles. The van der Waals surface area contributed by atoms with Gasteiger partial charge in [0.05, 0.1) is 7.57 Å². The Kier molecular flexibility index (Phi) is 5.63. The highest BCUT2D eigenvalue weighted by Crippen LogP contribution is 2.32. The molecule has 0 saturated heterocycles. The van der Waals surface area contributed by atoms with Crippen molar-refractivity contribution in [2.45, 2.75) is 26.7 Å². The monoisotopic (exact) mass is 430 g/mol. The van der Waals surface area contributed by atoms with E-state index in [1.807, 2.05) is 25.1 Å². The standard InChI is InChI=1S/C16H16Br2O2S/c1-9(2)11-5-4-10(3)14(6-11)20-8-13(19)12-7-15(17)21-16(12)18/h4-7,9H,8H2,1-3H3. The molecule has 0 atom stereocenters. The average Bonchev–Trinajstić information content (AvgIpc) is 2.76. The number of halogens is 2. The first-order chi connectivity index (χ1) is 9.88. The average molecular weight is 432 g/mol. The molecular weight excluding hydrogens is 416 g/mol. The summed E-state index contributed by atoms with van der Waals surface area (Å²) in [5.74, 6) is 1.18. The van der Waals surface area contributed by atoms with Crippen molar-refractivity contribution in [3.05, 3.63) is 48.5 Å². The maximum Gasteiger partial charge on any atom is 0.202 e. The van der Waals surface area contributed by atoms with Crippen LogP contribution in [0.15, 0.2) is 31.8 Å². The van der Waals surface area contributed by atoms with Crippen LogP contribution in [-0.2, 0) is 0 Å². The van der Waals surface area contributed by atoms with Gasteiger partial charge < -0.3 is 4.74 Å². The van der Waals surface area contributed by atoms with E-state index < -0.39 is 0 Å². The topological polar surface area (TPSA) is 26.3 Å². The molecule has 0 amide bonds. The summed E-state index contributed by atoms with van der Waals surface area (Å²) in [5, 5.41) is 0. The summed E-state index contributed by atoms with van der Waals surface area (Å²) in [4.78, 5) is 12.2. The normalized spacial score (nSPS) is 11.0. The van der Waals surface area contributed by atoms with Gasteiger partial charge >= 0.3 is 0 Å². The Labute approximate surface area is 145 Å². The molecule has 2 rings (SSSR count). The van der Waals surface area contributed by atoms with Crippen molar-refractivity contribution >= 4 is 49.0 Å². The fourth-order valence-electron chi connectivity index (χ4n) is 1.88. The van der Waals surface area contributed by atoms with Gasteiger partial charge in [-0.1, -0.05) is 26.0 Å². The molecule has 0 spiro atoms. The van der Waals surface area contributed by atoms with E-state index in [9.17, 15) is 4.79 Å². The van der Waals surface area contributed by atoms with Gasteiger partial charge in [-0.3, -0.25) is 4.79 Å². The largest absolute Gasteiger partial charge is 0.485 e. The van der Waals surface area contributed by atoms with E-state index >= 15 is 0 Å². The van der Waals surface area contributed by atoms with Gasteiger partial charge in [0.25, 0.3) is 0 Å². The van der Waals surface area contributed by atoms with E-state index in [1.165, 1.54) is 16.9 Å². The Morgan fingerprint density at radius 3 is 2.57 bits per heavy atom. The number of hydrogen-bond donors (Lipinski definition) is 0. The zero-order chi connectivity index (χ0) is 15.6. The molecule has 0 aliphatic rings. The van der Waals surface area contributed by atoms with Gasteiger partial charge in [-0.05, 0) is 68.0 Å². The number of ketones is 1. The zero-order valence-corrected chi connectivity index (χ0v) is 16.1. The molecule has 2 nitrogen and oxygen atoms in total. The fraction of sp³-hybridized carbons (Fsp3) is 0.312. The van der Waals surface area contributed by atoms with Crippen molar-refractivity contribution < 1.29 is 9.53 Å². The highest BCUT2D eigenvalue weighted by molar-refractivity contribution is 9.12. The van der Waals surface area contributed by atoms with Crippen molar-refractivity contribution in [1.29, 1.82) is 0 Å². The highest BCUT2D eigenvalue weighted by Gasteiger charge is 2.15. The Balaban J connectivity index is 2.11. The lowest BCUT2D eigenvalue weighted by Crippen LogP contribution is -2.12. The molecule has 1 aromatic carbocycles. The number of benzene rings is 1. The number of Topliss-reactive ketones (excluding diaryl/α,β-unsaturated/α-hetero) is 1. The molecule has 1 heterocycles. The van der Waals surface area contributed by atoms with Crippen LogP contribution < -0.4 is 4.74 Å². The summed E-state index contributed by atoms with van der Waals surface area (Å²) < 4.78 is 7.48. The maximum absolute atomic E-state index is 12.2. The lowest BCUT2D eigenvalue weighted by molar-refractivity contribution is 0.0921. The lowest BCUT2D eigenvalue weighted by atomic mass is 10.0. The van der Waals surface area contributed by atoms with Gasteiger partial charge in [-0.15, -0.1) is 11.3 Å². The third kappa shape index (κ3) is 4.18. The predicted octanol–water partition coefficient (Wildman–Crippen LogP) is 5.97. The van der Waals surface area contributed by atoms with Crippen LogP contribution in [0.2, 0.25) is 0 Å². The van der Waals surface area contributed by atoms with Gasteiger partial charge in [0.2, 0.25) is 5.78 Å². The molecule has 5 heteroatoms. The van der Waals surface area contributed by atoms with Crippen LogP contribution in [0.25, 0.3) is 0 Å². The minimum Gasteiger partial charge on any atom is -0.485 e. The number of ether oxygens (including phenoxy) is 1. The number of aryl methyl sites for hydroxylation is 1. The summed E-state index contributed by atoms with van der Waals surface area (Å²) in [5.41, 5.74) is 2.91. The molecule has 1 aromatic heterocycles. The molecule has 21 heavy (non-hydrogen) atoms. The van der Waals surface area contributed by atoms with Crippen molar-refractivity contribution in [3.63, 3.8) is 0 Å². The SMILES string of the molecule is Cc1ccc(C(C)C)cc1OCC(=O)c1cc(Br)sc1Br. The van der Waals surface area contributed by atoms with Crippen molar-refractivity contribution in [2.24, 2.45) is 0 Å². The summed E-state index contributed by atoms with van der Waals surface area (Å²) in [6.45, 7) is 6.31. The van der Waals surface area contributed by atoms with Crippen molar-refractivity contribution in [3.8, 4) is 5.75 Å². The highest BCUT2D eigenvalue weighted by atomic mass is 79.9. The first-order valence-electron chi connectivity index (χ1n) is 6.60. The molecule has 0 bridgehead atoms. The van der Waals surface area contributed by atoms with Crippen LogP contribution in [0.5, 0.6) is 5.75 Å². The van der Waals surface area contributed by atoms with E-state index in [2.05, 4.69) is 51.8 Å². The summed E-state index contributed by atoms with van der Waals surface area (Å²) in [6, 6.07) is 7.97. The van der Waals surface area contributed by atoms with Gasteiger partial charge in [0.1, 0.15) is 5.75 Å². The lowest BCUT2D eigenvalue weighted by Gasteiger charge is -2.12. The van der Waals surface area contributed by atoms with Crippen LogP contribution >= 0.6 is 43.2 Å². The van der Waals surface area contributed by atoms with Crippen LogP contribution in [-0.4, -0.2) is 12.4 Å². The molecule has 0 saturated carbocycles. The molecule has 0 radical (unpaired) electrons. The molecule has 112 valence electrons. The van der Waals surface area contributed by atoms with Crippen LogP contribution in [0.1, 0.15) is 41.3 Å². The van der Waals surface area contributed by atoms with Gasteiger partial charge in [-0.2, -0.15) is 0 Å². The van der Waals surface area contributed by atoms with Crippen molar-refractivity contribution in [2.75, 3.05) is 6.61 Å². The molecule has 2 aromatic rings. The summed E-state index contributed by atoms with van der Waals surface area (Å²) in [7, 11) is 0. The Morgan fingerprint density at radius 1 is 1.29 bits per heavy atom. The molecule has 0 unspecified atom stereocenters. The molecule has 0 aliphatic heterocycles. The minimum absolute atomic E-state index is 0.0295. The third-order valence-corrected chi connectivity index (χ3v) is 5.53. The Bertz CT molecular complexity index is 662. The minimum atomic E-state index is -0.0295. The van der Waals surface area contributed by atoms with Gasteiger partial charge in [-0.25, -0.2) is 0 Å². The maximum atomic E-state index is 12.2. The zero-order valence-electron chi connectivity index (χ0n) is 12.1. The Hall–Kier alpha value is -0.650. The van der Waals surface area contributed by atoms with E-state index in [0.29, 0.717) is 11.5 Å². The Morgan fingerprint density at radius 2 is 2.00 bits per heavy atom. The number of thiophene rings is 1. The van der Waals surface area contributed by atoms with Gasteiger partial charge in [0.15, 0.2) is 6.61 Å². The van der Waals surface area contributed by atoms with E-state index in [0.717, 1.165) is 18.9 Å². The smallest absolute Gasteiger partial charge is 0.202 e. The van der Waals surface area contributed by atoms with Gasteiger partial charge in [0, 0.05) is 5.56 Å². The number of carbonyl (C=O) groups excluding carboxylic acids is 1. The molecular formula is C16H16Br2O2S. The third-order valence-electron chi connectivity index (χ3n) is 3.19. The van der Waals surface area contributed by atoms with E-state index in [1.54, 1.807) is 0 Å². The van der Waals surface area contributed by atoms with Crippen LogP contribution in [0.3, 0.4) is 0 Å². The molecule has 0 N–H and O–H groups in total. The molecule has 0 fully saturated rings. The first kappa shape index (κ1) is 16.7. The summed E-state index contributed by atoms with van der Waals surface area (Å²) in [6.07, 6.45) is 0. The van der Waals surface area contributed by atoms with Crippen LogP contribution in [0, 0.1) is 6.92 Å². The second-order valence-corrected chi connectivity index (χ2v) is 8.88. The number of hydrogen-bond acceptors (Lipinski definition) is 3. The van der Waals surface area contributed by atoms with Crippen LogP contribution in [0.4, 0.5) is 0 Å². The second-order valence-electron chi connectivity index (χ2n) is 5.13. The van der Waals surface area contributed by atoms with Crippen molar-refractivity contribution in [1.82, 2.24) is 0 Å². The first-order valence-corrected chi connectivity index (χ1v) is 9.00. The summed E-state index contributed by atoms with van der Waals surface area (Å²) >= 11 is 8.27. The second kappa shape index (κ2) is 7.07. The van der Waals surface area contributed by atoms with E-state index in [4.69, 9.17) is 4.74 Å².